The zero-order valence-electron chi connectivity index (χ0n) is 10.5. The molecule has 98 valence electrons. The van der Waals surface area contributed by atoms with Crippen molar-refractivity contribution in [1.29, 1.82) is 0 Å². The molecule has 1 aliphatic rings. The second kappa shape index (κ2) is 4.42. The molecule has 0 amide bonds. The van der Waals surface area contributed by atoms with Gasteiger partial charge in [-0.2, -0.15) is 0 Å². The summed E-state index contributed by atoms with van der Waals surface area (Å²) < 4.78 is 0. The highest BCUT2D eigenvalue weighted by atomic mass is 16.2. The van der Waals surface area contributed by atoms with Crippen LogP contribution >= 0.6 is 0 Å². The molecule has 5 nitrogen and oxygen atoms in total. The van der Waals surface area contributed by atoms with Crippen LogP contribution in [0.2, 0.25) is 0 Å². The van der Waals surface area contributed by atoms with Crippen molar-refractivity contribution in [3.8, 4) is 0 Å². The number of rotatable bonds is 2. The van der Waals surface area contributed by atoms with Crippen LogP contribution in [0.3, 0.4) is 0 Å². The van der Waals surface area contributed by atoms with E-state index in [1.807, 2.05) is 23.1 Å². The Labute approximate surface area is 110 Å². The Balaban J connectivity index is 1.71. The van der Waals surface area contributed by atoms with Gasteiger partial charge in [0.05, 0.1) is 0 Å². The molecule has 0 aliphatic carbocycles. The first-order valence-corrected chi connectivity index (χ1v) is 6.32. The molecule has 2 N–H and O–H groups in total. The number of anilines is 3. The summed E-state index contributed by atoms with van der Waals surface area (Å²) in [6.45, 7) is 3.07. The van der Waals surface area contributed by atoms with Gasteiger partial charge >= 0.3 is 0 Å². The van der Waals surface area contributed by atoms with Gasteiger partial charge in [-0.05, 0) is 12.1 Å². The van der Waals surface area contributed by atoms with Crippen molar-refractivity contribution < 1.29 is 0 Å². The van der Waals surface area contributed by atoms with Crippen LogP contribution in [-0.4, -0.2) is 26.2 Å². The summed E-state index contributed by atoms with van der Waals surface area (Å²) in [6, 6.07) is 10.2. The molecular formula is C14H15N3O2. The van der Waals surface area contributed by atoms with E-state index in [1.54, 1.807) is 0 Å². The van der Waals surface area contributed by atoms with Crippen molar-refractivity contribution in [2.75, 3.05) is 41.7 Å². The third-order valence-corrected chi connectivity index (χ3v) is 3.64. The lowest BCUT2D eigenvalue weighted by molar-refractivity contribution is 0.651. The number of piperazine rings is 1. The molecule has 0 radical (unpaired) electrons. The lowest BCUT2D eigenvalue weighted by Crippen LogP contribution is -2.51. The zero-order valence-corrected chi connectivity index (χ0v) is 10.5. The summed E-state index contributed by atoms with van der Waals surface area (Å²) in [5.74, 6) is 0. The average Bonchev–Trinajstić information content (AvgIpc) is 2.49. The highest BCUT2D eigenvalue weighted by molar-refractivity contribution is 5.73. The Kier molecular flexibility index (Phi) is 2.74. The van der Waals surface area contributed by atoms with E-state index >= 15 is 0 Å². The largest absolute Gasteiger partial charge is 0.394 e. The van der Waals surface area contributed by atoms with Crippen LogP contribution in [0.1, 0.15) is 0 Å². The molecule has 0 bridgehead atoms. The van der Waals surface area contributed by atoms with E-state index in [0.717, 1.165) is 13.1 Å². The molecule has 2 aromatic rings. The van der Waals surface area contributed by atoms with Crippen LogP contribution in [0.25, 0.3) is 0 Å². The van der Waals surface area contributed by atoms with Crippen molar-refractivity contribution >= 4 is 17.1 Å². The van der Waals surface area contributed by atoms with Crippen LogP contribution in [-0.2, 0) is 0 Å². The van der Waals surface area contributed by atoms with E-state index in [2.05, 4.69) is 17.0 Å². The highest BCUT2D eigenvalue weighted by Gasteiger charge is 2.26. The minimum atomic E-state index is -0.541. The molecule has 0 saturated carbocycles. The fraction of sp³-hybridized carbons (Fsp3) is 0.286. The quantitative estimate of drug-likeness (QED) is 0.778. The first-order chi connectivity index (χ1) is 9.18. The van der Waals surface area contributed by atoms with Gasteiger partial charge < -0.3 is 15.5 Å². The Morgan fingerprint density at radius 1 is 0.842 bits per heavy atom. The third-order valence-electron chi connectivity index (χ3n) is 3.64. The van der Waals surface area contributed by atoms with Crippen LogP contribution in [0.15, 0.2) is 39.9 Å². The molecule has 1 heterocycles. The molecule has 0 unspecified atom stereocenters. The topological polar surface area (TPSA) is 66.6 Å². The fourth-order valence-electron chi connectivity index (χ4n) is 2.54. The lowest BCUT2D eigenvalue weighted by atomic mass is 10.1. The number of benzene rings is 1. The van der Waals surface area contributed by atoms with Gasteiger partial charge in [0.25, 0.3) is 10.9 Å². The molecule has 0 atom stereocenters. The van der Waals surface area contributed by atoms with Crippen molar-refractivity contribution in [2.45, 2.75) is 0 Å². The van der Waals surface area contributed by atoms with Crippen LogP contribution in [0, 0.1) is 0 Å². The fourth-order valence-corrected chi connectivity index (χ4v) is 2.54. The van der Waals surface area contributed by atoms with Gasteiger partial charge in [-0.1, -0.05) is 18.2 Å². The standard InChI is InChI=1S/C14H15N3O2/c15-11-12(14(19)13(11)18)17-8-6-16(7-9-17)10-4-2-1-3-5-10/h1-5H,6-9,15H2. The van der Waals surface area contributed by atoms with Crippen LogP contribution in [0.5, 0.6) is 0 Å². The van der Waals surface area contributed by atoms with E-state index in [1.165, 1.54) is 5.69 Å². The van der Waals surface area contributed by atoms with Gasteiger partial charge in [-0.15, -0.1) is 0 Å². The average molecular weight is 257 g/mol. The van der Waals surface area contributed by atoms with E-state index in [9.17, 15) is 9.59 Å². The highest BCUT2D eigenvalue weighted by Crippen LogP contribution is 2.21. The Bertz CT molecular complexity index is 651. The predicted octanol–water partition coefficient (Wildman–Crippen LogP) is 0.191. The predicted molar refractivity (Wildman–Crippen MR) is 76.6 cm³/mol. The van der Waals surface area contributed by atoms with Crippen LogP contribution in [0.4, 0.5) is 17.1 Å². The maximum Gasteiger partial charge on any atom is 0.253 e. The van der Waals surface area contributed by atoms with E-state index < -0.39 is 10.9 Å². The number of para-hydroxylation sites is 1. The lowest BCUT2D eigenvalue weighted by Gasteiger charge is -2.37. The summed E-state index contributed by atoms with van der Waals surface area (Å²) in [5, 5.41) is 0. The molecule has 5 heteroatoms. The number of nitrogens with two attached hydrogens (primary N) is 1. The monoisotopic (exact) mass is 257 g/mol. The molecule has 3 rings (SSSR count). The van der Waals surface area contributed by atoms with E-state index in [-0.39, 0.29) is 5.69 Å². The van der Waals surface area contributed by atoms with Gasteiger partial charge in [-0.3, -0.25) is 9.59 Å². The van der Waals surface area contributed by atoms with Gasteiger partial charge in [0, 0.05) is 31.9 Å². The summed E-state index contributed by atoms with van der Waals surface area (Å²) in [5.41, 5.74) is 6.33. The Hall–Kier alpha value is -2.30. The molecule has 19 heavy (non-hydrogen) atoms. The van der Waals surface area contributed by atoms with E-state index in [4.69, 9.17) is 5.73 Å². The molecule has 0 spiro atoms. The maximum atomic E-state index is 11.5. The van der Waals surface area contributed by atoms with Crippen molar-refractivity contribution in [3.63, 3.8) is 0 Å². The molecule has 1 saturated heterocycles. The van der Waals surface area contributed by atoms with Gasteiger partial charge in [0.1, 0.15) is 11.4 Å². The molecule has 2 aromatic carbocycles. The molecular weight excluding hydrogens is 242 g/mol. The number of nitrogen functional groups attached to an aromatic ring is 1. The van der Waals surface area contributed by atoms with E-state index in [0.29, 0.717) is 18.8 Å². The SMILES string of the molecule is Nc1c(N2CCN(c3ccccc3)CC2)c(=O)c1=O. The van der Waals surface area contributed by atoms with Crippen molar-refractivity contribution in [1.82, 2.24) is 0 Å². The number of hydrogen-bond acceptors (Lipinski definition) is 5. The number of hydrogen-bond donors (Lipinski definition) is 1. The van der Waals surface area contributed by atoms with Crippen LogP contribution < -0.4 is 26.4 Å². The maximum absolute atomic E-state index is 11.5. The van der Waals surface area contributed by atoms with Gasteiger partial charge in [0.15, 0.2) is 0 Å². The zero-order chi connectivity index (χ0) is 13.4. The minimum Gasteiger partial charge on any atom is -0.394 e. The Morgan fingerprint density at radius 3 is 2.00 bits per heavy atom. The number of nitrogens with zero attached hydrogens (tertiary/aromatic N) is 2. The normalized spacial score (nSPS) is 16.0. The summed E-state index contributed by atoms with van der Waals surface area (Å²) in [6.07, 6.45) is 0. The smallest absolute Gasteiger partial charge is 0.253 e. The summed E-state index contributed by atoms with van der Waals surface area (Å²) in [7, 11) is 0. The van der Waals surface area contributed by atoms with Crippen molar-refractivity contribution in [3.05, 3.63) is 50.8 Å². The van der Waals surface area contributed by atoms with Gasteiger partial charge in [0.2, 0.25) is 0 Å². The first kappa shape index (κ1) is 11.8. The second-order valence-corrected chi connectivity index (χ2v) is 4.73. The first-order valence-electron chi connectivity index (χ1n) is 6.32. The minimum absolute atomic E-state index is 0.123. The van der Waals surface area contributed by atoms with Gasteiger partial charge in [-0.25, -0.2) is 0 Å². The van der Waals surface area contributed by atoms with Crippen molar-refractivity contribution in [2.24, 2.45) is 0 Å². The molecule has 1 aliphatic heterocycles. The molecule has 1 fully saturated rings. The summed E-state index contributed by atoms with van der Waals surface area (Å²) in [4.78, 5) is 26.8. The second-order valence-electron chi connectivity index (χ2n) is 4.73. The Morgan fingerprint density at radius 2 is 1.42 bits per heavy atom. The molecule has 0 aromatic heterocycles. The third kappa shape index (κ3) is 1.87. The summed E-state index contributed by atoms with van der Waals surface area (Å²) >= 11 is 0.